The van der Waals surface area contributed by atoms with Crippen LogP contribution in [0.25, 0.3) is 11.2 Å². The molecule has 0 aliphatic carbocycles. The first kappa shape index (κ1) is 14.3. The van der Waals surface area contributed by atoms with Gasteiger partial charge in [-0.1, -0.05) is 5.16 Å². The molecule has 0 aliphatic rings. The molecule has 3 aromatic heterocycles. The molecule has 3 heterocycles. The minimum Gasteiger partial charge on any atom is -0.362 e. The fourth-order valence-corrected chi connectivity index (χ4v) is 1.94. The van der Waals surface area contributed by atoms with E-state index in [1.807, 2.05) is 11.5 Å². The van der Waals surface area contributed by atoms with E-state index in [0.29, 0.717) is 23.5 Å². The van der Waals surface area contributed by atoms with Crippen molar-refractivity contribution in [2.45, 2.75) is 26.2 Å². The molecule has 0 amide bonds. The largest absolute Gasteiger partial charge is 0.452 e. The van der Waals surface area contributed by atoms with Gasteiger partial charge in [-0.15, -0.1) is 0 Å². The van der Waals surface area contributed by atoms with Gasteiger partial charge in [0, 0.05) is 12.6 Å². The Kier molecular flexibility index (Phi) is 3.43. The van der Waals surface area contributed by atoms with Crippen molar-refractivity contribution in [1.29, 1.82) is 0 Å². The van der Waals surface area contributed by atoms with Crippen molar-refractivity contribution in [3.05, 3.63) is 30.2 Å². The highest BCUT2D eigenvalue weighted by Crippen LogP contribution is 2.29. The number of rotatable bonds is 4. The molecule has 0 aliphatic heterocycles. The van der Waals surface area contributed by atoms with Crippen molar-refractivity contribution < 1.29 is 17.7 Å². The molecule has 1 N–H and O–H groups in total. The van der Waals surface area contributed by atoms with Crippen molar-refractivity contribution in [2.75, 3.05) is 5.32 Å². The Labute approximate surface area is 122 Å². The fraction of sp³-hybridized carbons (Fsp3) is 0.333. The highest BCUT2D eigenvalue weighted by Gasteiger charge is 2.36. The van der Waals surface area contributed by atoms with Crippen molar-refractivity contribution in [3.8, 4) is 0 Å². The van der Waals surface area contributed by atoms with E-state index in [1.54, 1.807) is 6.33 Å². The molecule has 0 atom stereocenters. The lowest BCUT2D eigenvalue weighted by Crippen LogP contribution is -2.04. The van der Waals surface area contributed by atoms with E-state index in [2.05, 4.69) is 29.9 Å². The smallest absolute Gasteiger partial charge is 0.362 e. The van der Waals surface area contributed by atoms with Crippen LogP contribution in [0.15, 0.2) is 23.2 Å². The van der Waals surface area contributed by atoms with Gasteiger partial charge in [0.15, 0.2) is 11.5 Å². The van der Waals surface area contributed by atoms with Crippen LogP contribution in [0.1, 0.15) is 18.4 Å². The normalized spacial score (nSPS) is 12.0. The van der Waals surface area contributed by atoms with E-state index in [9.17, 15) is 13.2 Å². The molecule has 0 aromatic carbocycles. The summed E-state index contributed by atoms with van der Waals surface area (Å²) in [5.41, 5.74) is 1.31. The van der Waals surface area contributed by atoms with Gasteiger partial charge in [0.25, 0.3) is 0 Å². The zero-order chi connectivity index (χ0) is 15.7. The Bertz CT molecular complexity index is 794. The van der Waals surface area contributed by atoms with E-state index < -0.39 is 11.9 Å². The van der Waals surface area contributed by atoms with Gasteiger partial charge in [-0.2, -0.15) is 13.2 Å². The molecule has 3 rings (SSSR count). The van der Waals surface area contributed by atoms with Gasteiger partial charge in [-0.05, 0) is 6.92 Å². The second-order valence-electron chi connectivity index (χ2n) is 4.46. The molecule has 0 saturated carbocycles. The standard InChI is InChI=1S/C12H11F3N6O/c1-2-21-6-19-9-10(17-5-18-11(9)21)16-4-7-3-8(22-20-7)12(13,14)15/h3,5-6H,2,4H2,1H3,(H,16,17,18). The van der Waals surface area contributed by atoms with Crippen LogP contribution in [0, 0.1) is 0 Å². The number of aryl methyl sites for hydroxylation is 1. The Morgan fingerprint density at radius 3 is 2.77 bits per heavy atom. The Balaban J connectivity index is 1.79. The Morgan fingerprint density at radius 1 is 1.27 bits per heavy atom. The second-order valence-corrected chi connectivity index (χ2v) is 4.46. The van der Waals surface area contributed by atoms with Crippen LogP contribution >= 0.6 is 0 Å². The third-order valence-corrected chi connectivity index (χ3v) is 3.02. The Hall–Kier alpha value is -2.65. The van der Waals surface area contributed by atoms with E-state index >= 15 is 0 Å². The van der Waals surface area contributed by atoms with Crippen molar-refractivity contribution >= 4 is 17.0 Å². The number of nitrogens with one attached hydrogen (secondary N) is 1. The van der Waals surface area contributed by atoms with E-state index in [0.717, 1.165) is 6.07 Å². The molecule has 0 unspecified atom stereocenters. The van der Waals surface area contributed by atoms with Gasteiger partial charge in [0.1, 0.15) is 17.5 Å². The summed E-state index contributed by atoms with van der Waals surface area (Å²) in [5.74, 6) is -0.707. The minimum atomic E-state index is -4.55. The summed E-state index contributed by atoms with van der Waals surface area (Å²) >= 11 is 0. The van der Waals surface area contributed by atoms with Crippen LogP contribution in [-0.4, -0.2) is 24.7 Å². The number of hydrogen-bond donors (Lipinski definition) is 1. The average molecular weight is 312 g/mol. The summed E-state index contributed by atoms with van der Waals surface area (Å²) in [7, 11) is 0. The van der Waals surface area contributed by atoms with Crippen LogP contribution in [0.4, 0.5) is 19.0 Å². The third kappa shape index (κ3) is 2.59. The van der Waals surface area contributed by atoms with Crippen LogP contribution in [0.5, 0.6) is 0 Å². The second kappa shape index (κ2) is 5.28. The number of hydrogen-bond acceptors (Lipinski definition) is 6. The molecule has 3 aromatic rings. The van der Waals surface area contributed by atoms with Crippen molar-refractivity contribution in [3.63, 3.8) is 0 Å². The molecule has 0 radical (unpaired) electrons. The number of fused-ring (bicyclic) bond motifs is 1. The predicted octanol–water partition coefficient (Wildman–Crippen LogP) is 2.47. The molecule has 0 bridgehead atoms. The molecule has 22 heavy (non-hydrogen) atoms. The first-order valence-corrected chi connectivity index (χ1v) is 6.41. The van der Waals surface area contributed by atoms with E-state index in [1.165, 1.54) is 6.33 Å². The molecule has 10 heteroatoms. The maximum atomic E-state index is 12.4. The number of halogens is 3. The van der Waals surface area contributed by atoms with E-state index in [-0.39, 0.29) is 12.2 Å². The topological polar surface area (TPSA) is 81.7 Å². The van der Waals surface area contributed by atoms with Crippen molar-refractivity contribution in [1.82, 2.24) is 24.7 Å². The Morgan fingerprint density at radius 2 is 2.09 bits per heavy atom. The summed E-state index contributed by atoms with van der Waals surface area (Å²) in [6.07, 6.45) is -1.56. The molecule has 116 valence electrons. The summed E-state index contributed by atoms with van der Waals surface area (Å²) < 4.78 is 43.4. The first-order chi connectivity index (χ1) is 10.5. The summed E-state index contributed by atoms with van der Waals surface area (Å²) in [4.78, 5) is 12.4. The van der Waals surface area contributed by atoms with Gasteiger partial charge in [-0.25, -0.2) is 15.0 Å². The lowest BCUT2D eigenvalue weighted by atomic mass is 10.3. The van der Waals surface area contributed by atoms with Crippen LogP contribution in [0.3, 0.4) is 0 Å². The molecule has 7 nitrogen and oxygen atoms in total. The predicted molar refractivity (Wildman–Crippen MR) is 69.8 cm³/mol. The molecular formula is C12H11F3N6O. The number of imidazole rings is 1. The molecule has 0 spiro atoms. The van der Waals surface area contributed by atoms with Gasteiger partial charge in [-0.3, -0.25) is 0 Å². The quantitative estimate of drug-likeness (QED) is 0.797. The lowest BCUT2D eigenvalue weighted by Gasteiger charge is -2.03. The third-order valence-electron chi connectivity index (χ3n) is 3.02. The monoisotopic (exact) mass is 312 g/mol. The summed E-state index contributed by atoms with van der Waals surface area (Å²) in [5, 5.41) is 6.26. The number of aromatic nitrogens is 5. The molecular weight excluding hydrogens is 301 g/mol. The van der Waals surface area contributed by atoms with Crippen LogP contribution in [-0.2, 0) is 19.3 Å². The highest BCUT2D eigenvalue weighted by atomic mass is 19.4. The fourth-order valence-electron chi connectivity index (χ4n) is 1.94. The first-order valence-electron chi connectivity index (χ1n) is 6.41. The summed E-state index contributed by atoms with van der Waals surface area (Å²) in [6, 6.07) is 0.843. The number of alkyl halides is 3. The van der Waals surface area contributed by atoms with Gasteiger partial charge < -0.3 is 14.4 Å². The van der Waals surface area contributed by atoms with E-state index in [4.69, 9.17) is 0 Å². The number of nitrogens with zero attached hydrogens (tertiary/aromatic N) is 5. The molecule has 0 fully saturated rings. The number of anilines is 1. The van der Waals surface area contributed by atoms with Gasteiger partial charge in [0.05, 0.1) is 12.9 Å². The maximum absolute atomic E-state index is 12.4. The molecule has 0 saturated heterocycles. The van der Waals surface area contributed by atoms with Gasteiger partial charge in [0.2, 0.25) is 5.76 Å². The van der Waals surface area contributed by atoms with Gasteiger partial charge >= 0.3 is 6.18 Å². The zero-order valence-electron chi connectivity index (χ0n) is 11.4. The van der Waals surface area contributed by atoms with Crippen molar-refractivity contribution in [2.24, 2.45) is 0 Å². The minimum absolute atomic E-state index is 0.0324. The van der Waals surface area contributed by atoms with Crippen LogP contribution < -0.4 is 5.32 Å². The SMILES string of the molecule is CCn1cnc2c(NCc3cc(C(F)(F)F)on3)ncnc21. The summed E-state index contributed by atoms with van der Waals surface area (Å²) in [6.45, 7) is 2.68. The average Bonchev–Trinajstić information content (AvgIpc) is 3.11. The maximum Gasteiger partial charge on any atom is 0.452 e. The zero-order valence-corrected chi connectivity index (χ0v) is 11.4. The van der Waals surface area contributed by atoms with Crippen LogP contribution in [0.2, 0.25) is 0 Å². The lowest BCUT2D eigenvalue weighted by molar-refractivity contribution is -0.155. The highest BCUT2D eigenvalue weighted by molar-refractivity contribution is 5.82.